The Labute approximate surface area is 218 Å². The number of ether oxygens (including phenoxy) is 2. The number of rotatable bonds is 9. The van der Waals surface area contributed by atoms with Crippen LogP contribution in [0.1, 0.15) is 40.0 Å². The van der Waals surface area contributed by atoms with Gasteiger partial charge in [0.25, 0.3) is 0 Å². The number of benzene rings is 2. The molecule has 1 atom stereocenters. The van der Waals surface area contributed by atoms with Crippen LogP contribution >= 0.6 is 11.6 Å². The van der Waals surface area contributed by atoms with Crippen LogP contribution in [0.3, 0.4) is 0 Å². The van der Waals surface area contributed by atoms with Crippen molar-refractivity contribution in [1.29, 1.82) is 0 Å². The van der Waals surface area contributed by atoms with Crippen molar-refractivity contribution in [3.05, 3.63) is 73.8 Å². The van der Waals surface area contributed by atoms with Crippen LogP contribution in [0.25, 0.3) is 10.9 Å². The molecule has 1 aliphatic heterocycles. The second-order valence-electron chi connectivity index (χ2n) is 9.04. The maximum Gasteiger partial charge on any atom is 0.341 e. The summed E-state index contributed by atoms with van der Waals surface area (Å²) in [5.74, 6) is -1.90. The lowest BCUT2D eigenvalue weighted by atomic mass is 9.94. The number of aliphatic hydroxyl groups excluding tert-OH is 1. The third-order valence-electron chi connectivity index (χ3n) is 6.77. The van der Waals surface area contributed by atoms with Gasteiger partial charge in [-0.1, -0.05) is 18.5 Å². The number of methoxy groups -OCH3 is 1. The summed E-state index contributed by atoms with van der Waals surface area (Å²) in [4.78, 5) is 27.1. The van der Waals surface area contributed by atoms with Crippen molar-refractivity contribution < 1.29 is 28.9 Å². The van der Waals surface area contributed by atoms with E-state index < -0.39 is 28.8 Å². The third kappa shape index (κ3) is 5.50. The van der Waals surface area contributed by atoms with Gasteiger partial charge in [-0.2, -0.15) is 0 Å². The number of morpholine rings is 1. The average Bonchev–Trinajstić information content (AvgIpc) is 2.90. The van der Waals surface area contributed by atoms with Crippen molar-refractivity contribution in [2.75, 3.05) is 51.5 Å². The maximum atomic E-state index is 15.2. The number of halogens is 2. The van der Waals surface area contributed by atoms with Crippen molar-refractivity contribution in [3.8, 4) is 0 Å². The van der Waals surface area contributed by atoms with E-state index in [1.54, 1.807) is 28.8 Å². The molecule has 2 aromatic carbocycles. The zero-order valence-electron chi connectivity index (χ0n) is 20.8. The van der Waals surface area contributed by atoms with Crippen LogP contribution in [-0.4, -0.2) is 67.4 Å². The molecule has 0 bridgehead atoms. The first-order chi connectivity index (χ1) is 17.8. The summed E-state index contributed by atoms with van der Waals surface area (Å²) < 4.78 is 27.4. The van der Waals surface area contributed by atoms with Crippen LogP contribution in [0.4, 0.5) is 10.1 Å². The normalized spacial score (nSPS) is 14.8. The first-order valence-electron chi connectivity index (χ1n) is 12.1. The molecule has 2 N–H and O–H groups in total. The third-order valence-corrected chi connectivity index (χ3v) is 7.05. The molecular weight excluding hydrogens is 503 g/mol. The molecule has 4 rings (SSSR count). The first kappa shape index (κ1) is 27.1. The second kappa shape index (κ2) is 11.6. The monoisotopic (exact) mass is 532 g/mol. The van der Waals surface area contributed by atoms with E-state index in [9.17, 15) is 19.8 Å². The molecule has 8 nitrogen and oxygen atoms in total. The van der Waals surface area contributed by atoms with Crippen LogP contribution in [-0.2, 0) is 22.3 Å². The Morgan fingerprint density at radius 1 is 1.19 bits per heavy atom. The van der Waals surface area contributed by atoms with E-state index in [1.807, 2.05) is 6.92 Å². The smallest absolute Gasteiger partial charge is 0.341 e. The number of anilines is 1. The second-order valence-corrected chi connectivity index (χ2v) is 9.45. The fraction of sp³-hybridized carbons (Fsp3) is 0.407. The molecule has 0 unspecified atom stereocenters. The number of aromatic nitrogens is 1. The van der Waals surface area contributed by atoms with Crippen molar-refractivity contribution in [3.63, 3.8) is 0 Å². The lowest BCUT2D eigenvalue weighted by molar-refractivity contribution is 0.0692. The highest BCUT2D eigenvalue weighted by molar-refractivity contribution is 6.31. The van der Waals surface area contributed by atoms with Gasteiger partial charge >= 0.3 is 5.97 Å². The van der Waals surface area contributed by atoms with Gasteiger partial charge in [0, 0.05) is 43.9 Å². The Bertz CT molecular complexity index is 1370. The van der Waals surface area contributed by atoms with Crippen molar-refractivity contribution in [1.82, 2.24) is 4.57 Å². The van der Waals surface area contributed by atoms with Gasteiger partial charge in [0.1, 0.15) is 11.4 Å². The Hall–Kier alpha value is -2.98. The molecule has 10 heteroatoms. The number of aromatic carboxylic acids is 1. The average molecular weight is 533 g/mol. The SMILES string of the molecule is CCc1cc2c(cc1Cc1cc(N3CCOCC3)cc(Cl)c1F)c(=O)c(C(=O)O)cn2[C@H](CO)COC. The number of aryl methyl sites for hydroxylation is 1. The fourth-order valence-electron chi connectivity index (χ4n) is 4.81. The maximum absolute atomic E-state index is 15.2. The topological polar surface area (TPSA) is 101 Å². The zero-order chi connectivity index (χ0) is 26.7. The Morgan fingerprint density at radius 3 is 2.54 bits per heavy atom. The molecule has 0 aliphatic carbocycles. The largest absolute Gasteiger partial charge is 0.477 e. The molecule has 1 saturated heterocycles. The molecule has 1 aliphatic rings. The lowest BCUT2D eigenvalue weighted by Crippen LogP contribution is -2.36. The van der Waals surface area contributed by atoms with Gasteiger partial charge in [0.15, 0.2) is 0 Å². The van der Waals surface area contributed by atoms with Crippen LogP contribution in [0.5, 0.6) is 0 Å². The van der Waals surface area contributed by atoms with Crippen molar-refractivity contribution >= 4 is 34.2 Å². The van der Waals surface area contributed by atoms with Gasteiger partial charge in [0.2, 0.25) is 5.43 Å². The molecular formula is C27H30ClFN2O6. The van der Waals surface area contributed by atoms with E-state index in [4.69, 9.17) is 21.1 Å². The number of aliphatic hydroxyl groups is 1. The molecule has 2 heterocycles. The minimum absolute atomic E-state index is 0.0127. The molecule has 1 aromatic heterocycles. The number of nitrogens with zero attached hydrogens (tertiary/aromatic N) is 2. The molecule has 3 aromatic rings. The summed E-state index contributed by atoms with van der Waals surface area (Å²) in [6.45, 7) is 4.24. The lowest BCUT2D eigenvalue weighted by Gasteiger charge is -2.29. The highest BCUT2D eigenvalue weighted by atomic mass is 35.5. The predicted molar refractivity (Wildman–Crippen MR) is 140 cm³/mol. The van der Waals surface area contributed by atoms with Gasteiger partial charge in [-0.25, -0.2) is 9.18 Å². The quantitative estimate of drug-likeness (QED) is 0.433. The Morgan fingerprint density at radius 2 is 1.92 bits per heavy atom. The standard InChI is InChI=1S/C27H30ClFN2O6/c1-3-16-11-24-21(26(33)22(27(34)35)13-31(24)20(14-32)15-36-2)10-17(16)8-18-9-19(12-23(28)25(18)29)30-4-6-37-7-5-30/h9-13,20,32H,3-8,14-15H2,1-2H3,(H,34,35)/t20-/m1/s1. The van der Waals surface area contributed by atoms with E-state index in [-0.39, 0.29) is 30.0 Å². The van der Waals surface area contributed by atoms with Gasteiger partial charge in [-0.15, -0.1) is 0 Å². The van der Waals surface area contributed by atoms with Gasteiger partial charge in [0.05, 0.1) is 43.0 Å². The summed E-state index contributed by atoms with van der Waals surface area (Å²) in [5, 5.41) is 19.8. The van der Waals surface area contributed by atoms with E-state index >= 15 is 4.39 Å². The molecule has 198 valence electrons. The van der Waals surface area contributed by atoms with Crippen LogP contribution in [0, 0.1) is 5.82 Å². The van der Waals surface area contributed by atoms with E-state index in [2.05, 4.69) is 4.90 Å². The number of hydrogen-bond acceptors (Lipinski definition) is 6. The van der Waals surface area contributed by atoms with Crippen molar-refractivity contribution in [2.24, 2.45) is 0 Å². The number of pyridine rings is 1. The summed E-state index contributed by atoms with van der Waals surface area (Å²) in [5.41, 5.74) is 2.16. The zero-order valence-corrected chi connectivity index (χ0v) is 21.6. The summed E-state index contributed by atoms with van der Waals surface area (Å²) in [6.07, 6.45) is 2.01. The fourth-order valence-corrected chi connectivity index (χ4v) is 5.05. The van der Waals surface area contributed by atoms with Gasteiger partial charge < -0.3 is 29.2 Å². The van der Waals surface area contributed by atoms with Crippen molar-refractivity contribution in [2.45, 2.75) is 25.8 Å². The molecule has 1 fully saturated rings. The van der Waals surface area contributed by atoms with Crippen LogP contribution in [0.2, 0.25) is 5.02 Å². The minimum Gasteiger partial charge on any atom is -0.477 e. The predicted octanol–water partition coefficient (Wildman–Crippen LogP) is 3.66. The number of carbonyl (C=O) groups is 1. The van der Waals surface area contributed by atoms with E-state index in [0.29, 0.717) is 49.4 Å². The Kier molecular flexibility index (Phi) is 8.49. The highest BCUT2D eigenvalue weighted by Crippen LogP contribution is 2.31. The first-order valence-corrected chi connectivity index (χ1v) is 12.5. The molecule has 0 spiro atoms. The van der Waals surface area contributed by atoms with Gasteiger partial charge in [-0.05, 0) is 47.4 Å². The summed E-state index contributed by atoms with van der Waals surface area (Å²) in [7, 11) is 1.48. The van der Waals surface area contributed by atoms with Gasteiger partial charge in [-0.3, -0.25) is 4.79 Å². The summed E-state index contributed by atoms with van der Waals surface area (Å²) >= 11 is 6.27. The molecule has 0 radical (unpaired) electrons. The van der Waals surface area contributed by atoms with Crippen LogP contribution in [0.15, 0.2) is 35.3 Å². The minimum atomic E-state index is -1.37. The number of hydrogen-bond donors (Lipinski definition) is 2. The van der Waals surface area contributed by atoms with E-state index in [1.165, 1.54) is 13.3 Å². The number of fused-ring (bicyclic) bond motifs is 1. The Balaban J connectivity index is 1.87. The summed E-state index contributed by atoms with van der Waals surface area (Å²) in [6, 6.07) is 6.22. The molecule has 37 heavy (non-hydrogen) atoms. The highest BCUT2D eigenvalue weighted by Gasteiger charge is 2.22. The number of carboxylic acids is 1. The molecule has 0 saturated carbocycles. The van der Waals surface area contributed by atoms with E-state index in [0.717, 1.165) is 11.3 Å². The number of carboxylic acid groups (broad SMARTS) is 1. The van der Waals surface area contributed by atoms with Crippen LogP contribution < -0.4 is 10.3 Å². The molecule has 0 amide bonds.